The molecule has 108 heavy (non-hydrogen) atoms. The maximum atomic E-state index is 4.18. The Kier molecular flexibility index (Phi) is 16.5. The first kappa shape index (κ1) is 67.0. The summed E-state index contributed by atoms with van der Waals surface area (Å²) in [5, 5.41) is 4.58. The summed E-state index contributed by atoms with van der Waals surface area (Å²) in [5.41, 5.74) is 31.6. The van der Waals surface area contributed by atoms with Crippen LogP contribution in [0.2, 0.25) is 0 Å². The van der Waals surface area contributed by atoms with E-state index in [1.807, 2.05) is 12.2 Å². The topological polar surface area (TPSA) is 6.48 Å². The van der Waals surface area contributed by atoms with E-state index in [0.717, 1.165) is 89.0 Å². The van der Waals surface area contributed by atoms with Gasteiger partial charge in [-0.25, -0.2) is 0 Å². The Morgan fingerprint density at radius 2 is 0.528 bits per heavy atom. The third kappa shape index (κ3) is 11.1. The molecule has 0 fully saturated rings. The lowest BCUT2D eigenvalue weighted by atomic mass is 9.67. The first-order chi connectivity index (χ1) is 52.7. The molecule has 0 spiro atoms. The lowest BCUT2D eigenvalue weighted by Crippen LogP contribution is -2.29. The molecular formula is C106H84N2. The summed E-state index contributed by atoms with van der Waals surface area (Å²) in [6, 6.07) is 137. The number of hydrogen-bond donors (Lipinski definition) is 0. The molecule has 0 radical (unpaired) electrons. The summed E-state index contributed by atoms with van der Waals surface area (Å²) in [4.78, 5) is 5.00. The van der Waals surface area contributed by atoms with E-state index in [2.05, 4.69) is 428 Å². The summed E-state index contributed by atoms with van der Waals surface area (Å²) in [5.74, 6) is 0. The summed E-state index contributed by atoms with van der Waals surface area (Å²) in [7, 11) is 0. The number of nitrogens with zero attached hydrogens (tertiary/aromatic N) is 2. The van der Waals surface area contributed by atoms with Crippen molar-refractivity contribution in [2.75, 3.05) is 9.80 Å². The quantitative estimate of drug-likeness (QED) is 0.101. The molecule has 16 aromatic rings. The van der Waals surface area contributed by atoms with Gasteiger partial charge in [0.2, 0.25) is 0 Å². The Morgan fingerprint density at radius 1 is 0.241 bits per heavy atom. The van der Waals surface area contributed by atoms with Gasteiger partial charge in [-0.05, 0) is 205 Å². The first-order valence-corrected chi connectivity index (χ1v) is 37.8. The highest BCUT2D eigenvalue weighted by atomic mass is 15.2. The maximum absolute atomic E-state index is 4.18. The molecule has 0 N–H and O–H groups in total. The average Bonchev–Trinajstić information content (AvgIpc) is 1.54. The Balaban J connectivity index is 0.825. The molecule has 0 aliphatic heterocycles. The second-order valence-corrected chi connectivity index (χ2v) is 31.2. The Hall–Kier alpha value is -12.9. The van der Waals surface area contributed by atoms with Crippen LogP contribution >= 0.6 is 0 Å². The minimum atomic E-state index is -0.657. The number of fused-ring (bicyclic) bond motifs is 8. The van der Waals surface area contributed by atoms with Gasteiger partial charge in [0.1, 0.15) is 0 Å². The van der Waals surface area contributed by atoms with Gasteiger partial charge in [-0.15, -0.1) is 0 Å². The van der Waals surface area contributed by atoms with Crippen LogP contribution in [0.5, 0.6) is 0 Å². The van der Waals surface area contributed by atoms with Crippen LogP contribution in [0.3, 0.4) is 0 Å². The van der Waals surface area contributed by atoms with E-state index in [-0.39, 0.29) is 10.8 Å². The fraction of sp³-hybridized carbons (Fsp3) is 0.0943. The molecule has 2 heteroatoms. The molecule has 0 aromatic heterocycles. The largest absolute Gasteiger partial charge is 0.310 e. The van der Waals surface area contributed by atoms with Crippen LogP contribution in [-0.2, 0) is 21.7 Å². The van der Waals surface area contributed by atoms with Gasteiger partial charge < -0.3 is 9.80 Å². The van der Waals surface area contributed by atoms with Crippen LogP contribution < -0.4 is 9.80 Å². The van der Waals surface area contributed by atoms with Crippen LogP contribution in [0.25, 0.3) is 89.3 Å². The van der Waals surface area contributed by atoms with Crippen molar-refractivity contribution in [3.05, 3.63) is 444 Å². The fourth-order valence-electron chi connectivity index (χ4n) is 17.7. The molecular weight excluding hydrogens is 1300 g/mol. The Morgan fingerprint density at radius 3 is 0.880 bits per heavy atom. The molecule has 2 aliphatic rings. The van der Waals surface area contributed by atoms with E-state index in [1.54, 1.807) is 0 Å². The molecule has 2 aliphatic carbocycles. The van der Waals surface area contributed by atoms with Crippen molar-refractivity contribution < 1.29 is 0 Å². The van der Waals surface area contributed by atoms with Gasteiger partial charge in [0.15, 0.2) is 0 Å². The number of anilines is 6. The van der Waals surface area contributed by atoms with Crippen LogP contribution in [0, 0.1) is 0 Å². The van der Waals surface area contributed by atoms with Crippen LogP contribution in [-0.4, -0.2) is 0 Å². The SMILES string of the molecule is C=Cc1ccc(C2(c3ccc(C(C)(C)C)cc3)c3ccccc3-c3ccc(N(c4ccc(-c5ccccc5)cc4)c4ccc(-c5ccc(N(c6ccc(-c7ccccc7)cc6)c6ccc7c(c6)C(c6ccc(C=C)cc6)(c6ccc(C(C)(C)C)cc6)c6ccccc6-7)c6ccccc56)c5ccccc45)cc32)cc1. The predicted molar refractivity (Wildman–Crippen MR) is 459 cm³/mol. The summed E-state index contributed by atoms with van der Waals surface area (Å²) in [6.45, 7) is 22.1. The normalized spacial score (nSPS) is 14.9. The van der Waals surface area contributed by atoms with Crippen molar-refractivity contribution in [2.24, 2.45) is 0 Å². The lowest BCUT2D eigenvalue weighted by Gasteiger charge is -2.35. The second-order valence-electron chi connectivity index (χ2n) is 31.2. The standard InChI is InChI=1S/C106H84N2/c1-9-71-37-45-79(46-38-71)105(81-53-49-77(50-54-81)103(3,4)5)97-35-23-21-31-91(97)93-63-61-85(69-99(93)105)107(83-57-41-75(42-58-83)73-25-13-11-14-26-73)101-67-65-89(87-29-17-19-33-95(87)101)90-66-68-102(96-34-20-18-30-88(90)96)108(84-59-43-76(44-60-84)74-27-15-12-16-28-74)86-62-64-94-92-32-22-24-36-98(92)106(100(94)70-86,80-47-39-72(10-2)40-48-80)82-55-51-78(52-56-82)104(6,7)8/h9-70H,1-2H2,3-8H3. The summed E-state index contributed by atoms with van der Waals surface area (Å²) < 4.78 is 0. The molecule has 0 saturated heterocycles. The molecule has 0 amide bonds. The fourth-order valence-corrected chi connectivity index (χ4v) is 17.7. The number of benzene rings is 16. The predicted octanol–water partition coefficient (Wildman–Crippen LogP) is 28.5. The average molecular weight is 1390 g/mol. The third-order valence-corrected chi connectivity index (χ3v) is 23.1. The van der Waals surface area contributed by atoms with Crippen molar-refractivity contribution in [3.8, 4) is 55.6 Å². The van der Waals surface area contributed by atoms with E-state index < -0.39 is 10.8 Å². The van der Waals surface area contributed by atoms with E-state index >= 15 is 0 Å². The minimum Gasteiger partial charge on any atom is -0.310 e. The van der Waals surface area contributed by atoms with Crippen molar-refractivity contribution in [2.45, 2.75) is 63.2 Å². The molecule has 16 aromatic carbocycles. The molecule has 2 unspecified atom stereocenters. The Labute approximate surface area is 636 Å². The molecule has 18 rings (SSSR count). The minimum absolute atomic E-state index is 0.0208. The highest BCUT2D eigenvalue weighted by molar-refractivity contribution is 6.13. The molecule has 0 saturated carbocycles. The van der Waals surface area contributed by atoms with Crippen molar-refractivity contribution >= 4 is 67.8 Å². The van der Waals surface area contributed by atoms with Crippen LogP contribution in [0.4, 0.5) is 34.1 Å². The number of hydrogen-bond acceptors (Lipinski definition) is 2. The zero-order valence-corrected chi connectivity index (χ0v) is 62.1. The maximum Gasteiger partial charge on any atom is 0.0714 e. The van der Waals surface area contributed by atoms with Gasteiger partial charge in [-0.3, -0.25) is 0 Å². The highest BCUT2D eigenvalue weighted by Crippen LogP contribution is 2.60. The van der Waals surface area contributed by atoms with Gasteiger partial charge >= 0.3 is 0 Å². The van der Waals surface area contributed by atoms with E-state index in [1.165, 1.54) is 89.0 Å². The lowest BCUT2D eigenvalue weighted by molar-refractivity contribution is 0.589. The zero-order chi connectivity index (χ0) is 73.5. The Bertz CT molecular complexity index is 5730. The number of rotatable bonds is 15. The third-order valence-electron chi connectivity index (χ3n) is 23.1. The molecule has 2 atom stereocenters. The van der Waals surface area contributed by atoms with E-state index in [9.17, 15) is 0 Å². The smallest absolute Gasteiger partial charge is 0.0714 e. The molecule has 0 bridgehead atoms. The van der Waals surface area contributed by atoms with Crippen molar-refractivity contribution in [1.29, 1.82) is 0 Å². The zero-order valence-electron chi connectivity index (χ0n) is 62.1. The summed E-state index contributed by atoms with van der Waals surface area (Å²) >= 11 is 0. The van der Waals surface area contributed by atoms with Crippen LogP contribution in [0.15, 0.2) is 377 Å². The molecule has 518 valence electrons. The summed E-state index contributed by atoms with van der Waals surface area (Å²) in [6.07, 6.45) is 3.88. The van der Waals surface area contributed by atoms with Gasteiger partial charge in [0, 0.05) is 33.5 Å². The van der Waals surface area contributed by atoms with Crippen molar-refractivity contribution in [3.63, 3.8) is 0 Å². The van der Waals surface area contributed by atoms with Gasteiger partial charge in [-0.2, -0.15) is 0 Å². The van der Waals surface area contributed by atoms with Crippen LogP contribution in [0.1, 0.15) is 108 Å². The molecule has 2 nitrogen and oxygen atoms in total. The second kappa shape index (κ2) is 26.6. The highest BCUT2D eigenvalue weighted by Gasteiger charge is 2.48. The van der Waals surface area contributed by atoms with E-state index in [0.29, 0.717) is 0 Å². The van der Waals surface area contributed by atoms with Gasteiger partial charge in [0.05, 0.1) is 22.2 Å². The van der Waals surface area contributed by atoms with Crippen molar-refractivity contribution in [1.82, 2.24) is 0 Å². The molecule has 0 heterocycles. The van der Waals surface area contributed by atoms with E-state index in [4.69, 9.17) is 0 Å². The van der Waals surface area contributed by atoms with Gasteiger partial charge in [-0.1, -0.05) is 370 Å². The van der Waals surface area contributed by atoms with Gasteiger partial charge in [0.25, 0.3) is 0 Å². The first-order valence-electron chi connectivity index (χ1n) is 37.8. The monoisotopic (exact) mass is 1380 g/mol.